The predicted molar refractivity (Wildman–Crippen MR) is 118 cm³/mol. The maximum Gasteiger partial charge on any atom is 0.0814 e. The van der Waals surface area contributed by atoms with Crippen molar-refractivity contribution in [2.45, 2.75) is 68.8 Å². The summed E-state index contributed by atoms with van der Waals surface area (Å²) in [5.74, 6) is 0. The van der Waals surface area contributed by atoms with Crippen LogP contribution >= 0.6 is 49.3 Å². The molecule has 0 amide bonds. The van der Waals surface area contributed by atoms with Crippen molar-refractivity contribution in [2.75, 3.05) is 13.1 Å². The van der Waals surface area contributed by atoms with E-state index < -0.39 is 4.08 Å². The van der Waals surface area contributed by atoms with Crippen molar-refractivity contribution >= 4 is 49.3 Å². The van der Waals surface area contributed by atoms with Gasteiger partial charge in [0.05, 0.1) is 4.08 Å². The highest BCUT2D eigenvalue weighted by Crippen LogP contribution is 2.36. The third-order valence-electron chi connectivity index (χ3n) is 4.16. The first-order chi connectivity index (χ1) is 11.1. The highest BCUT2D eigenvalue weighted by atomic mass is 35.5. The molecule has 0 aromatic heterocycles. The lowest BCUT2D eigenvalue weighted by molar-refractivity contribution is 0.547. The van der Waals surface area contributed by atoms with Crippen LogP contribution in [0.4, 0.5) is 0 Å². The lowest BCUT2D eigenvalue weighted by Gasteiger charge is -2.23. The first kappa shape index (κ1) is 24.5. The molecule has 5 heteroatoms. The molecule has 1 nitrogen and oxygen atoms in total. The van der Waals surface area contributed by atoms with Crippen molar-refractivity contribution in [2.24, 2.45) is 0 Å². The molecule has 0 saturated heterocycles. The first-order valence-electron chi connectivity index (χ1n) is 8.98. The van der Waals surface area contributed by atoms with E-state index in [9.17, 15) is 0 Å². The molecule has 0 radical (unpaired) electrons. The monoisotopic (exact) mass is 409 g/mol. The fraction of sp³-hybridized carbons (Fsp3) is 0.684. The normalized spacial score (nSPS) is 11.3. The van der Waals surface area contributed by atoms with E-state index in [4.69, 9.17) is 36.9 Å². The molecule has 1 aromatic rings. The van der Waals surface area contributed by atoms with Crippen LogP contribution in [0.3, 0.4) is 0 Å². The van der Waals surface area contributed by atoms with Gasteiger partial charge < -0.3 is 5.32 Å². The molecule has 0 saturated carbocycles. The van der Waals surface area contributed by atoms with Gasteiger partial charge in [0, 0.05) is 5.02 Å². The maximum atomic E-state index is 5.92. The Morgan fingerprint density at radius 3 is 2.00 bits per heavy atom. The smallest absolute Gasteiger partial charge is 0.0814 e. The van der Waals surface area contributed by atoms with Crippen molar-refractivity contribution in [1.82, 2.24) is 5.32 Å². The van der Waals surface area contributed by atoms with Crippen LogP contribution in [0.2, 0.25) is 5.02 Å². The third kappa shape index (κ3) is 11.1. The van der Waals surface area contributed by atoms with E-state index >= 15 is 0 Å². The average molecular weight is 411 g/mol. The fourth-order valence-electron chi connectivity index (χ4n) is 2.63. The van der Waals surface area contributed by atoms with E-state index in [1.807, 2.05) is 24.3 Å². The zero-order valence-corrected chi connectivity index (χ0v) is 18.1. The summed E-state index contributed by atoms with van der Waals surface area (Å²) in [6.45, 7) is 4.29. The van der Waals surface area contributed by atoms with Gasteiger partial charge in [-0.25, -0.2) is 0 Å². The highest BCUT2D eigenvalue weighted by Gasteiger charge is 2.22. The first-order valence-corrected chi connectivity index (χ1v) is 10.2. The van der Waals surface area contributed by atoms with Crippen LogP contribution in [0.5, 0.6) is 0 Å². The lowest BCUT2D eigenvalue weighted by atomic mass is 10.1. The molecule has 1 rings (SSSR count). The molecular weight excluding hydrogens is 377 g/mol. The number of hydrogen-bond acceptors (Lipinski definition) is 3. The molecule has 0 heterocycles. The van der Waals surface area contributed by atoms with Crippen molar-refractivity contribution < 1.29 is 0 Å². The summed E-state index contributed by atoms with van der Waals surface area (Å²) >= 11 is 15.3. The Kier molecular flexibility index (Phi) is 14.9. The van der Waals surface area contributed by atoms with Gasteiger partial charge in [0.15, 0.2) is 0 Å². The fourth-order valence-corrected chi connectivity index (χ4v) is 3.28. The van der Waals surface area contributed by atoms with Crippen molar-refractivity contribution in [3.63, 3.8) is 0 Å². The molecule has 1 aromatic carbocycles. The summed E-state index contributed by atoms with van der Waals surface area (Å²) in [5.41, 5.74) is 1.10. The molecule has 0 fully saturated rings. The van der Waals surface area contributed by atoms with Gasteiger partial charge >= 0.3 is 0 Å². The van der Waals surface area contributed by atoms with E-state index in [0.717, 1.165) is 30.1 Å². The lowest BCUT2D eigenvalue weighted by Crippen LogP contribution is -2.23. The Morgan fingerprint density at radius 1 is 0.875 bits per heavy atom. The second-order valence-electron chi connectivity index (χ2n) is 6.30. The maximum absolute atomic E-state index is 5.92. The summed E-state index contributed by atoms with van der Waals surface area (Å²) in [6.07, 6.45) is 11.8. The van der Waals surface area contributed by atoms with Gasteiger partial charge in [0.25, 0.3) is 0 Å². The Bertz CT molecular complexity index is 410. The summed E-state index contributed by atoms with van der Waals surface area (Å²) < 4.78 is -0.406. The molecule has 0 aliphatic heterocycles. The van der Waals surface area contributed by atoms with E-state index in [0.29, 0.717) is 0 Å². The zero-order valence-electron chi connectivity index (χ0n) is 14.8. The Balaban J connectivity index is 0.00000529. The Hall–Kier alpha value is 0.460. The average Bonchev–Trinajstić information content (AvgIpc) is 2.53. The number of benzene rings is 1. The van der Waals surface area contributed by atoms with Gasteiger partial charge in [-0.1, -0.05) is 75.6 Å². The third-order valence-corrected chi connectivity index (χ3v) is 5.38. The Labute approximate surface area is 170 Å². The molecule has 0 bridgehead atoms. The van der Waals surface area contributed by atoms with Crippen LogP contribution < -0.4 is 5.32 Å². The molecule has 24 heavy (non-hydrogen) atoms. The molecule has 0 spiro atoms. The molecular formula is C19H33Cl2NS2. The highest BCUT2D eigenvalue weighted by molar-refractivity contribution is 7.99. The molecule has 140 valence electrons. The molecule has 0 aliphatic carbocycles. The van der Waals surface area contributed by atoms with Crippen LogP contribution in [-0.2, 0) is 4.08 Å². The second kappa shape index (κ2) is 14.6. The number of hydrogen-bond donors (Lipinski definition) is 3. The van der Waals surface area contributed by atoms with Crippen molar-refractivity contribution in [3.05, 3.63) is 34.9 Å². The summed E-state index contributed by atoms with van der Waals surface area (Å²) in [5, 5.41) is 4.26. The SMILES string of the molecule is CCCCCCCCCCNCCC(S)(S)c1ccc(Cl)cc1.Cl. The van der Waals surface area contributed by atoms with Crippen LogP contribution in [0.1, 0.15) is 70.3 Å². The number of halogens is 2. The van der Waals surface area contributed by atoms with E-state index in [2.05, 4.69) is 12.2 Å². The summed E-state index contributed by atoms with van der Waals surface area (Å²) in [6, 6.07) is 7.79. The van der Waals surface area contributed by atoms with E-state index in [-0.39, 0.29) is 12.4 Å². The largest absolute Gasteiger partial charge is 0.317 e. The van der Waals surface area contributed by atoms with E-state index in [1.54, 1.807) is 0 Å². The van der Waals surface area contributed by atoms with Crippen molar-refractivity contribution in [3.8, 4) is 0 Å². The summed E-state index contributed by atoms with van der Waals surface area (Å²) in [4.78, 5) is 0. The zero-order chi connectivity index (χ0) is 17.0. The van der Waals surface area contributed by atoms with Crippen LogP contribution in [-0.4, -0.2) is 13.1 Å². The molecule has 0 unspecified atom stereocenters. The van der Waals surface area contributed by atoms with Gasteiger partial charge in [-0.05, 0) is 43.6 Å². The minimum Gasteiger partial charge on any atom is -0.317 e. The van der Waals surface area contributed by atoms with Crippen LogP contribution in [0.15, 0.2) is 24.3 Å². The standard InChI is InChI=1S/C19H32ClNS2.ClH/c1-2-3-4-5-6-7-8-9-15-21-16-14-19(22,23)17-10-12-18(20)13-11-17;/h10-13,21-23H,2-9,14-16H2,1H3;1H. The number of rotatable bonds is 13. The number of nitrogens with one attached hydrogen (secondary N) is 1. The Morgan fingerprint density at radius 2 is 1.42 bits per heavy atom. The van der Waals surface area contributed by atoms with E-state index in [1.165, 1.54) is 51.4 Å². The summed E-state index contributed by atoms with van der Waals surface area (Å²) in [7, 11) is 0. The number of unbranched alkanes of at least 4 members (excludes halogenated alkanes) is 7. The number of thiol groups is 2. The minimum atomic E-state index is -0.406. The van der Waals surface area contributed by atoms with Crippen LogP contribution in [0.25, 0.3) is 0 Å². The van der Waals surface area contributed by atoms with Gasteiger partial charge in [-0.15, -0.1) is 12.4 Å². The molecule has 0 atom stereocenters. The van der Waals surface area contributed by atoms with Gasteiger partial charge in [0.1, 0.15) is 0 Å². The predicted octanol–water partition coefficient (Wildman–Crippen LogP) is 6.89. The second-order valence-corrected chi connectivity index (χ2v) is 8.61. The molecule has 1 N–H and O–H groups in total. The van der Waals surface area contributed by atoms with Gasteiger partial charge in [0.2, 0.25) is 0 Å². The van der Waals surface area contributed by atoms with Gasteiger partial charge in [-0.2, -0.15) is 25.3 Å². The van der Waals surface area contributed by atoms with Gasteiger partial charge in [-0.3, -0.25) is 0 Å². The molecule has 0 aliphatic rings. The van der Waals surface area contributed by atoms with Crippen LogP contribution in [0, 0.1) is 0 Å². The minimum absolute atomic E-state index is 0. The quantitative estimate of drug-likeness (QED) is 0.183. The topological polar surface area (TPSA) is 12.0 Å². The van der Waals surface area contributed by atoms with Crippen molar-refractivity contribution in [1.29, 1.82) is 0 Å².